The lowest BCUT2D eigenvalue weighted by Gasteiger charge is -2.20. The summed E-state index contributed by atoms with van der Waals surface area (Å²) in [5, 5.41) is 3.46. The third-order valence-electron chi connectivity index (χ3n) is 4.87. The molecule has 4 aromatic rings. The molecule has 162 valence electrons. The maximum Gasteiger partial charge on any atom is 0.420 e. The predicted molar refractivity (Wildman–Crippen MR) is 119 cm³/mol. The zero-order valence-corrected chi connectivity index (χ0v) is 17.6. The van der Waals surface area contributed by atoms with E-state index in [1.807, 2.05) is 42.5 Å². The molecular weight excluding hydrogens is 432 g/mol. The smallest absolute Gasteiger partial charge is 0.420 e. The molecule has 0 radical (unpaired) electrons. The van der Waals surface area contributed by atoms with Crippen molar-refractivity contribution in [2.45, 2.75) is 12.6 Å². The Hall–Kier alpha value is -3.84. The van der Waals surface area contributed by atoms with E-state index >= 15 is 0 Å². The Balaban J connectivity index is 1.42. The van der Waals surface area contributed by atoms with Crippen LogP contribution in [0, 0.1) is 0 Å². The van der Waals surface area contributed by atoms with Crippen LogP contribution in [0.4, 0.5) is 0 Å². The van der Waals surface area contributed by atoms with Crippen LogP contribution in [-0.2, 0) is 20.9 Å². The first-order valence-corrected chi connectivity index (χ1v) is 10.2. The minimum Gasteiger partial charge on any atom is -0.454 e. The number of aromatic nitrogens is 1. The van der Waals surface area contributed by atoms with E-state index in [4.69, 9.17) is 20.8 Å². The molecule has 8 heteroatoms. The van der Waals surface area contributed by atoms with Gasteiger partial charge in [-0.25, -0.2) is 4.79 Å². The van der Waals surface area contributed by atoms with Gasteiger partial charge >= 0.3 is 11.7 Å². The van der Waals surface area contributed by atoms with Gasteiger partial charge in [-0.05, 0) is 35.4 Å². The van der Waals surface area contributed by atoms with E-state index in [2.05, 4.69) is 5.32 Å². The molecule has 1 N–H and O–H groups in total. The van der Waals surface area contributed by atoms with Crippen LogP contribution in [-0.4, -0.2) is 23.1 Å². The average molecular weight is 451 g/mol. The topological polar surface area (TPSA) is 90.5 Å². The molecule has 1 heterocycles. The number of oxazole rings is 1. The Bertz CT molecular complexity index is 1300. The first-order valence-electron chi connectivity index (χ1n) is 9.85. The number of benzene rings is 3. The summed E-state index contributed by atoms with van der Waals surface area (Å²) in [6, 6.07) is 22.8. The third-order valence-corrected chi connectivity index (χ3v) is 5.12. The molecule has 7 nitrogen and oxygen atoms in total. The highest BCUT2D eigenvalue weighted by molar-refractivity contribution is 6.30. The van der Waals surface area contributed by atoms with Crippen molar-refractivity contribution in [3.63, 3.8) is 0 Å². The Labute approximate surface area is 188 Å². The molecule has 0 fully saturated rings. The molecule has 1 amide bonds. The summed E-state index contributed by atoms with van der Waals surface area (Å²) in [4.78, 5) is 36.8. The molecule has 4 rings (SSSR count). The van der Waals surface area contributed by atoms with Crippen molar-refractivity contribution in [1.29, 1.82) is 0 Å². The zero-order valence-electron chi connectivity index (χ0n) is 16.9. The maximum atomic E-state index is 12.6. The molecule has 0 aliphatic heterocycles. The van der Waals surface area contributed by atoms with Gasteiger partial charge in [0.1, 0.15) is 6.54 Å². The van der Waals surface area contributed by atoms with Crippen molar-refractivity contribution < 1.29 is 18.7 Å². The Morgan fingerprint density at radius 1 is 0.938 bits per heavy atom. The number of halogens is 1. The van der Waals surface area contributed by atoms with Gasteiger partial charge < -0.3 is 14.5 Å². The number of hydrogen-bond acceptors (Lipinski definition) is 5. The fourth-order valence-electron chi connectivity index (χ4n) is 3.35. The SMILES string of the molecule is O=C(COC(=O)Cn1c(=O)oc2ccccc21)NC(c1ccccc1)c1ccc(Cl)cc1. The molecule has 0 saturated carbocycles. The van der Waals surface area contributed by atoms with Crippen LogP contribution in [0.25, 0.3) is 11.1 Å². The number of esters is 1. The normalized spacial score (nSPS) is 11.8. The number of rotatable bonds is 7. The number of fused-ring (bicyclic) bond motifs is 1. The van der Waals surface area contributed by atoms with Gasteiger partial charge in [-0.3, -0.25) is 14.2 Å². The number of carbonyl (C=O) groups excluding carboxylic acids is 2. The van der Waals surface area contributed by atoms with Crippen molar-refractivity contribution in [3.8, 4) is 0 Å². The molecule has 1 atom stereocenters. The molecule has 32 heavy (non-hydrogen) atoms. The number of nitrogens with one attached hydrogen (secondary N) is 1. The minimum atomic E-state index is -0.725. The quantitative estimate of drug-likeness (QED) is 0.433. The average Bonchev–Trinajstić information content (AvgIpc) is 3.12. The Kier molecular flexibility index (Phi) is 6.37. The van der Waals surface area contributed by atoms with Crippen molar-refractivity contribution in [2.75, 3.05) is 6.61 Å². The largest absolute Gasteiger partial charge is 0.454 e. The van der Waals surface area contributed by atoms with Gasteiger partial charge in [0.25, 0.3) is 5.91 Å². The number of hydrogen-bond donors (Lipinski definition) is 1. The second-order valence-electron chi connectivity index (χ2n) is 7.05. The predicted octanol–water partition coefficient (Wildman–Crippen LogP) is 3.70. The van der Waals surface area contributed by atoms with E-state index in [0.717, 1.165) is 15.7 Å². The first kappa shape index (κ1) is 21.4. The van der Waals surface area contributed by atoms with Crippen molar-refractivity contribution in [1.82, 2.24) is 9.88 Å². The fourth-order valence-corrected chi connectivity index (χ4v) is 3.47. The second kappa shape index (κ2) is 9.53. The third kappa shape index (κ3) is 4.90. The maximum absolute atomic E-state index is 12.6. The molecular formula is C24H19ClN2O5. The van der Waals surface area contributed by atoms with Crippen molar-refractivity contribution >= 4 is 34.6 Å². The number of nitrogens with zero attached hydrogens (tertiary/aromatic N) is 1. The lowest BCUT2D eigenvalue weighted by molar-refractivity contribution is -0.149. The van der Waals surface area contributed by atoms with E-state index in [-0.39, 0.29) is 6.54 Å². The molecule has 0 saturated heterocycles. The summed E-state index contributed by atoms with van der Waals surface area (Å²) >= 11 is 5.98. The summed E-state index contributed by atoms with van der Waals surface area (Å²) in [5.74, 6) is -1.87. The molecule has 1 aromatic heterocycles. The van der Waals surface area contributed by atoms with Crippen molar-refractivity contribution in [2.24, 2.45) is 0 Å². The number of carbonyl (C=O) groups is 2. The van der Waals surface area contributed by atoms with Gasteiger partial charge in [0.05, 0.1) is 11.6 Å². The molecule has 3 aromatic carbocycles. The molecule has 0 bridgehead atoms. The van der Waals surface area contributed by atoms with Gasteiger partial charge in [-0.15, -0.1) is 0 Å². The Morgan fingerprint density at radius 3 is 2.34 bits per heavy atom. The zero-order chi connectivity index (χ0) is 22.5. The van der Waals surface area contributed by atoms with Crippen LogP contribution in [0.3, 0.4) is 0 Å². The Morgan fingerprint density at radius 2 is 1.59 bits per heavy atom. The van der Waals surface area contributed by atoms with E-state index in [1.165, 1.54) is 0 Å². The van der Waals surface area contributed by atoms with E-state index in [1.54, 1.807) is 36.4 Å². The molecule has 0 aliphatic carbocycles. The first-order chi connectivity index (χ1) is 15.5. The van der Waals surface area contributed by atoms with Crippen LogP contribution in [0.1, 0.15) is 17.2 Å². The number of ether oxygens (including phenoxy) is 1. The highest BCUT2D eigenvalue weighted by Gasteiger charge is 2.19. The van der Waals surface area contributed by atoms with Gasteiger partial charge in [0.15, 0.2) is 12.2 Å². The van der Waals surface area contributed by atoms with Gasteiger partial charge in [-0.2, -0.15) is 0 Å². The molecule has 0 spiro atoms. The number of para-hydroxylation sites is 2. The van der Waals surface area contributed by atoms with Gasteiger partial charge in [-0.1, -0.05) is 66.2 Å². The monoisotopic (exact) mass is 450 g/mol. The lowest BCUT2D eigenvalue weighted by atomic mass is 9.99. The molecule has 0 aliphatic rings. The highest BCUT2D eigenvalue weighted by Crippen LogP contribution is 2.23. The number of amides is 1. The summed E-state index contributed by atoms with van der Waals surface area (Å²) in [5.41, 5.74) is 2.55. The van der Waals surface area contributed by atoms with Crippen LogP contribution in [0.5, 0.6) is 0 Å². The van der Waals surface area contributed by atoms with E-state index in [9.17, 15) is 14.4 Å². The van der Waals surface area contributed by atoms with Crippen LogP contribution >= 0.6 is 11.6 Å². The van der Waals surface area contributed by atoms with Crippen LogP contribution in [0.2, 0.25) is 5.02 Å². The van der Waals surface area contributed by atoms with Crippen LogP contribution < -0.4 is 11.1 Å². The van der Waals surface area contributed by atoms with Gasteiger partial charge in [0, 0.05) is 5.02 Å². The van der Waals surface area contributed by atoms with Gasteiger partial charge in [0.2, 0.25) is 0 Å². The summed E-state index contributed by atoms with van der Waals surface area (Å²) in [6.07, 6.45) is 0. The summed E-state index contributed by atoms with van der Waals surface area (Å²) in [6.45, 7) is -0.845. The summed E-state index contributed by atoms with van der Waals surface area (Å²) in [7, 11) is 0. The summed E-state index contributed by atoms with van der Waals surface area (Å²) < 4.78 is 11.4. The van der Waals surface area contributed by atoms with E-state index in [0.29, 0.717) is 16.1 Å². The fraction of sp³-hybridized carbons (Fsp3) is 0.125. The highest BCUT2D eigenvalue weighted by atomic mass is 35.5. The standard InChI is InChI=1S/C24H19ClN2O5/c25-18-12-10-17(11-13-18)23(16-6-2-1-3-7-16)26-21(28)15-31-22(29)14-27-19-8-4-5-9-20(19)32-24(27)30/h1-13,23H,14-15H2,(H,26,28). The lowest BCUT2D eigenvalue weighted by Crippen LogP contribution is -2.33. The van der Waals surface area contributed by atoms with E-state index < -0.39 is 30.3 Å². The van der Waals surface area contributed by atoms with Crippen LogP contribution in [0.15, 0.2) is 88.1 Å². The molecule has 1 unspecified atom stereocenters. The minimum absolute atomic E-state index is 0.359. The second-order valence-corrected chi connectivity index (χ2v) is 7.48. The van der Waals surface area contributed by atoms with Crippen molar-refractivity contribution in [3.05, 3.63) is 106 Å².